The summed E-state index contributed by atoms with van der Waals surface area (Å²) in [5, 5.41) is 13.3. The van der Waals surface area contributed by atoms with Gasteiger partial charge in [0.2, 0.25) is 5.91 Å². The molecule has 1 aromatic carbocycles. The number of fused-ring (bicyclic) bond motifs is 1. The number of nitrogens with one attached hydrogen (secondary N) is 2. The highest BCUT2D eigenvalue weighted by Crippen LogP contribution is 2.37. The standard InChI is InChI=1S/C30H39N3O6/c1-37-11-12-38-13-14-39-29-8-4-6-25-24(29)18-26(33-25)28(35)17-22(15-20-9-10-20)30(36)32-23(19-31)16-21-5-2-3-7-27(21)34/h4,6,8,18,20-23,33H,2-3,5,7,9-17H2,1H3,(H,32,36). The van der Waals surface area contributed by atoms with Crippen LogP contribution in [0.5, 0.6) is 5.75 Å². The second-order valence-corrected chi connectivity index (χ2v) is 10.7. The van der Waals surface area contributed by atoms with Gasteiger partial charge in [-0.25, -0.2) is 0 Å². The lowest BCUT2D eigenvalue weighted by Crippen LogP contribution is -2.41. The molecule has 210 valence electrons. The summed E-state index contributed by atoms with van der Waals surface area (Å²) < 4.78 is 16.3. The molecule has 2 saturated carbocycles. The van der Waals surface area contributed by atoms with Crippen LogP contribution in [0.15, 0.2) is 24.3 Å². The average molecular weight is 538 g/mol. The van der Waals surface area contributed by atoms with Gasteiger partial charge in [-0.2, -0.15) is 5.26 Å². The summed E-state index contributed by atoms with van der Waals surface area (Å²) in [6.45, 7) is 1.81. The van der Waals surface area contributed by atoms with Crippen molar-refractivity contribution in [2.45, 2.75) is 63.8 Å². The van der Waals surface area contributed by atoms with Crippen LogP contribution in [0.2, 0.25) is 0 Å². The zero-order chi connectivity index (χ0) is 27.6. The van der Waals surface area contributed by atoms with Gasteiger partial charge >= 0.3 is 0 Å². The minimum atomic E-state index is -0.729. The van der Waals surface area contributed by atoms with Gasteiger partial charge in [0.1, 0.15) is 24.2 Å². The van der Waals surface area contributed by atoms with Gasteiger partial charge in [0.25, 0.3) is 0 Å². The van der Waals surface area contributed by atoms with Gasteiger partial charge in [-0.1, -0.05) is 25.3 Å². The molecule has 39 heavy (non-hydrogen) atoms. The van der Waals surface area contributed by atoms with Gasteiger partial charge in [-0.3, -0.25) is 14.4 Å². The number of ether oxygens (including phenoxy) is 3. The molecule has 0 bridgehead atoms. The minimum Gasteiger partial charge on any atom is -0.490 e. The van der Waals surface area contributed by atoms with Crippen molar-refractivity contribution >= 4 is 28.4 Å². The molecule has 0 aliphatic heterocycles. The lowest BCUT2D eigenvalue weighted by atomic mass is 9.83. The number of ketones is 2. The van der Waals surface area contributed by atoms with Crippen molar-refractivity contribution in [3.05, 3.63) is 30.0 Å². The van der Waals surface area contributed by atoms with E-state index in [1.165, 1.54) is 0 Å². The van der Waals surface area contributed by atoms with E-state index >= 15 is 0 Å². The van der Waals surface area contributed by atoms with Crippen LogP contribution in [0.25, 0.3) is 10.9 Å². The Balaban J connectivity index is 1.38. The number of aromatic nitrogens is 1. The molecular formula is C30H39N3O6. The molecule has 9 nitrogen and oxygen atoms in total. The van der Waals surface area contributed by atoms with Crippen molar-refractivity contribution in [3.63, 3.8) is 0 Å². The Morgan fingerprint density at radius 2 is 1.95 bits per heavy atom. The van der Waals surface area contributed by atoms with E-state index in [-0.39, 0.29) is 29.8 Å². The molecule has 2 N–H and O–H groups in total. The van der Waals surface area contributed by atoms with Gasteiger partial charge in [-0.15, -0.1) is 0 Å². The molecule has 1 aromatic heterocycles. The molecule has 4 rings (SSSR count). The number of H-pyrrole nitrogens is 1. The third kappa shape index (κ3) is 8.38. The summed E-state index contributed by atoms with van der Waals surface area (Å²) in [7, 11) is 1.62. The predicted octanol–water partition coefficient (Wildman–Crippen LogP) is 4.36. The van der Waals surface area contributed by atoms with Crippen LogP contribution in [0.4, 0.5) is 0 Å². The third-order valence-electron chi connectivity index (χ3n) is 7.63. The Morgan fingerprint density at radius 1 is 1.13 bits per heavy atom. The average Bonchev–Trinajstić information content (AvgIpc) is 3.64. The van der Waals surface area contributed by atoms with Crippen LogP contribution >= 0.6 is 0 Å². The second kappa shape index (κ2) is 14.2. The highest BCUT2D eigenvalue weighted by molar-refractivity contribution is 6.02. The fraction of sp³-hybridized carbons (Fsp3) is 0.600. The molecule has 0 saturated heterocycles. The molecule has 2 aliphatic carbocycles. The molecule has 3 unspecified atom stereocenters. The number of nitriles is 1. The highest BCUT2D eigenvalue weighted by Gasteiger charge is 2.33. The normalized spacial score (nSPS) is 18.9. The van der Waals surface area contributed by atoms with Gasteiger partial charge < -0.3 is 24.5 Å². The largest absolute Gasteiger partial charge is 0.490 e. The number of amides is 1. The molecule has 3 atom stereocenters. The Bertz CT molecular complexity index is 1180. The zero-order valence-corrected chi connectivity index (χ0v) is 22.7. The summed E-state index contributed by atoms with van der Waals surface area (Å²) in [6, 6.07) is 8.80. The minimum absolute atomic E-state index is 0.0548. The SMILES string of the molecule is COCCOCCOc1cccc2[nH]c(C(=O)CC(CC3CC3)C(=O)NC(C#N)CC3CCCCC3=O)cc12. The van der Waals surface area contributed by atoms with Crippen molar-refractivity contribution in [1.29, 1.82) is 5.26 Å². The molecule has 1 heterocycles. The van der Waals surface area contributed by atoms with Crippen molar-refractivity contribution in [1.82, 2.24) is 10.3 Å². The number of carbonyl (C=O) groups is 3. The number of benzene rings is 1. The van der Waals surface area contributed by atoms with E-state index in [0.717, 1.165) is 43.0 Å². The van der Waals surface area contributed by atoms with Crippen LogP contribution in [0.1, 0.15) is 68.3 Å². The molecule has 2 fully saturated rings. The highest BCUT2D eigenvalue weighted by atomic mass is 16.5. The summed E-state index contributed by atoms with van der Waals surface area (Å²) >= 11 is 0. The van der Waals surface area contributed by atoms with E-state index in [4.69, 9.17) is 14.2 Å². The fourth-order valence-electron chi connectivity index (χ4n) is 5.25. The summed E-state index contributed by atoms with van der Waals surface area (Å²) in [5.41, 5.74) is 1.21. The monoisotopic (exact) mass is 537 g/mol. The van der Waals surface area contributed by atoms with Crippen molar-refractivity contribution in [2.75, 3.05) is 33.5 Å². The lowest BCUT2D eigenvalue weighted by molar-refractivity contribution is -0.127. The van der Waals surface area contributed by atoms with Crippen LogP contribution in [0.3, 0.4) is 0 Å². The van der Waals surface area contributed by atoms with Crippen LogP contribution in [-0.2, 0) is 19.1 Å². The van der Waals surface area contributed by atoms with Crippen molar-refractivity contribution < 1.29 is 28.6 Å². The second-order valence-electron chi connectivity index (χ2n) is 10.7. The lowest BCUT2D eigenvalue weighted by Gasteiger charge is -2.24. The van der Waals surface area contributed by atoms with E-state index in [9.17, 15) is 19.6 Å². The van der Waals surface area contributed by atoms with E-state index in [0.29, 0.717) is 63.1 Å². The molecule has 2 aliphatic rings. The van der Waals surface area contributed by atoms with E-state index in [2.05, 4.69) is 16.4 Å². The first kappa shape index (κ1) is 28.8. The zero-order valence-electron chi connectivity index (χ0n) is 22.7. The number of aromatic amines is 1. The van der Waals surface area contributed by atoms with E-state index < -0.39 is 12.0 Å². The summed E-state index contributed by atoms with van der Waals surface area (Å²) in [6.07, 6.45) is 6.31. The maximum absolute atomic E-state index is 13.3. The first-order chi connectivity index (χ1) is 19.0. The Morgan fingerprint density at radius 3 is 2.69 bits per heavy atom. The summed E-state index contributed by atoms with van der Waals surface area (Å²) in [5.74, 6) is 0.139. The predicted molar refractivity (Wildman–Crippen MR) is 145 cm³/mol. The van der Waals surface area contributed by atoms with Crippen LogP contribution in [0, 0.1) is 29.1 Å². The molecular weight excluding hydrogens is 498 g/mol. The third-order valence-corrected chi connectivity index (χ3v) is 7.63. The van der Waals surface area contributed by atoms with Gasteiger partial charge in [0, 0.05) is 42.7 Å². The molecule has 2 aromatic rings. The number of carbonyl (C=O) groups excluding carboxylic acids is 3. The Hall–Kier alpha value is -3.22. The van der Waals surface area contributed by atoms with Crippen molar-refractivity contribution in [3.8, 4) is 11.8 Å². The van der Waals surface area contributed by atoms with Crippen LogP contribution < -0.4 is 10.1 Å². The van der Waals surface area contributed by atoms with Crippen LogP contribution in [-0.4, -0.2) is 62.0 Å². The molecule has 9 heteroatoms. The van der Waals surface area contributed by atoms with Gasteiger partial charge in [-0.05, 0) is 49.8 Å². The smallest absolute Gasteiger partial charge is 0.224 e. The van der Waals surface area contributed by atoms with E-state index in [1.807, 2.05) is 18.2 Å². The van der Waals surface area contributed by atoms with Gasteiger partial charge in [0.05, 0.1) is 31.6 Å². The maximum Gasteiger partial charge on any atom is 0.224 e. The van der Waals surface area contributed by atoms with E-state index in [1.54, 1.807) is 13.2 Å². The molecule has 1 amide bonds. The first-order valence-electron chi connectivity index (χ1n) is 14.1. The van der Waals surface area contributed by atoms with Crippen molar-refractivity contribution in [2.24, 2.45) is 17.8 Å². The van der Waals surface area contributed by atoms with Gasteiger partial charge in [0.15, 0.2) is 5.78 Å². The quantitative estimate of drug-likeness (QED) is 0.240. The number of hydrogen-bond acceptors (Lipinski definition) is 7. The Kier molecular flexibility index (Phi) is 10.5. The topological polar surface area (TPSA) is 131 Å². The molecule has 0 radical (unpaired) electrons. The number of rotatable bonds is 16. The number of Topliss-reactive ketones (excluding diaryl/α,β-unsaturated/α-hetero) is 2. The molecule has 0 spiro atoms. The Labute approximate surface area is 229 Å². The number of hydrogen-bond donors (Lipinski definition) is 2. The fourth-order valence-corrected chi connectivity index (χ4v) is 5.25. The number of nitrogens with zero attached hydrogens (tertiary/aromatic N) is 1. The number of methoxy groups -OCH3 is 1. The first-order valence-corrected chi connectivity index (χ1v) is 14.1. The maximum atomic E-state index is 13.3. The summed E-state index contributed by atoms with van der Waals surface area (Å²) in [4.78, 5) is 42.0.